The van der Waals surface area contributed by atoms with E-state index in [1.165, 1.54) is 6.07 Å². The van der Waals surface area contributed by atoms with E-state index >= 15 is 0 Å². The number of aromatic nitrogens is 2. The highest BCUT2D eigenvalue weighted by Crippen LogP contribution is 2.41. The number of thioether (sulfide) groups is 1. The molecule has 0 bridgehead atoms. The summed E-state index contributed by atoms with van der Waals surface area (Å²) >= 11 is 1.93. The van der Waals surface area contributed by atoms with Crippen molar-refractivity contribution in [2.24, 2.45) is 0 Å². The lowest BCUT2D eigenvalue weighted by Crippen LogP contribution is -2.03. The number of halogens is 4. The van der Waals surface area contributed by atoms with Gasteiger partial charge in [-0.1, -0.05) is 0 Å². The van der Waals surface area contributed by atoms with Gasteiger partial charge in [0.2, 0.25) is 0 Å². The van der Waals surface area contributed by atoms with Crippen molar-refractivity contribution in [3.63, 3.8) is 0 Å². The summed E-state index contributed by atoms with van der Waals surface area (Å²) in [7, 11) is 0. The van der Waals surface area contributed by atoms with Gasteiger partial charge in [-0.05, 0) is 72.3 Å². The average molecular weight is 398 g/mol. The molecule has 0 saturated carbocycles. The van der Waals surface area contributed by atoms with Gasteiger partial charge in [-0.2, -0.15) is 13.2 Å². The van der Waals surface area contributed by atoms with Crippen LogP contribution in [0, 0.1) is 24.5 Å². The zero-order chi connectivity index (χ0) is 14.4. The molecule has 0 unspecified atom stereocenters. The predicted octanol–water partition coefficient (Wildman–Crippen LogP) is 4.77. The largest absolute Gasteiger partial charge is 0.446 e. The fraction of sp³-hybridized carbons (Fsp3) is 0.333. The van der Waals surface area contributed by atoms with Crippen LogP contribution in [0.4, 0.5) is 13.2 Å². The van der Waals surface area contributed by atoms with Crippen LogP contribution >= 0.6 is 34.4 Å². The Kier molecular flexibility index (Phi) is 3.97. The van der Waals surface area contributed by atoms with E-state index in [2.05, 4.69) is 9.97 Å². The van der Waals surface area contributed by atoms with Crippen LogP contribution in [-0.2, 0) is 0 Å². The number of benzene rings is 1. The highest BCUT2D eigenvalue weighted by atomic mass is 127. The van der Waals surface area contributed by atoms with Crippen LogP contribution in [0.3, 0.4) is 0 Å². The fourth-order valence-corrected chi connectivity index (χ4v) is 3.29. The predicted molar refractivity (Wildman–Crippen MR) is 78.4 cm³/mol. The van der Waals surface area contributed by atoms with Gasteiger partial charge in [0, 0.05) is 10.3 Å². The van der Waals surface area contributed by atoms with E-state index in [1.807, 2.05) is 22.6 Å². The molecule has 0 fully saturated rings. The standard InChI is InChI=1S/C12H10F3IN2S/c1-5-6(2)10-8(11(16)18-7(3)17-10)4-9(5)19-12(13,14)15/h4H,1-3H3. The third kappa shape index (κ3) is 3.13. The van der Waals surface area contributed by atoms with E-state index in [1.54, 1.807) is 20.8 Å². The summed E-state index contributed by atoms with van der Waals surface area (Å²) in [5.74, 6) is 0.621. The van der Waals surface area contributed by atoms with E-state index in [9.17, 15) is 13.2 Å². The monoisotopic (exact) mass is 398 g/mol. The zero-order valence-electron chi connectivity index (χ0n) is 10.4. The first-order valence-electron chi connectivity index (χ1n) is 5.39. The molecule has 0 saturated heterocycles. The second kappa shape index (κ2) is 5.08. The van der Waals surface area contributed by atoms with E-state index in [4.69, 9.17) is 0 Å². The van der Waals surface area contributed by atoms with Crippen LogP contribution in [0.5, 0.6) is 0 Å². The zero-order valence-corrected chi connectivity index (χ0v) is 13.4. The molecule has 0 aliphatic heterocycles. The Morgan fingerprint density at radius 2 is 1.74 bits per heavy atom. The van der Waals surface area contributed by atoms with Crippen molar-refractivity contribution in [1.29, 1.82) is 0 Å². The molecule has 7 heteroatoms. The average Bonchev–Trinajstić information content (AvgIpc) is 2.25. The van der Waals surface area contributed by atoms with E-state index in [0.29, 0.717) is 20.5 Å². The van der Waals surface area contributed by atoms with Gasteiger partial charge in [0.1, 0.15) is 9.53 Å². The Morgan fingerprint density at radius 1 is 1.11 bits per heavy atom. The van der Waals surface area contributed by atoms with Crippen LogP contribution in [0.15, 0.2) is 11.0 Å². The smallest absolute Gasteiger partial charge is 0.233 e. The van der Waals surface area contributed by atoms with Crippen LogP contribution in [-0.4, -0.2) is 15.5 Å². The molecule has 1 heterocycles. The van der Waals surface area contributed by atoms with Crippen LogP contribution in [0.2, 0.25) is 0 Å². The molecule has 19 heavy (non-hydrogen) atoms. The molecule has 1 aromatic carbocycles. The minimum atomic E-state index is -4.29. The van der Waals surface area contributed by atoms with Crippen molar-refractivity contribution in [1.82, 2.24) is 9.97 Å². The van der Waals surface area contributed by atoms with Crippen LogP contribution in [0.25, 0.3) is 10.9 Å². The van der Waals surface area contributed by atoms with Crippen LogP contribution in [0.1, 0.15) is 17.0 Å². The third-order valence-corrected chi connectivity index (χ3v) is 4.50. The maximum atomic E-state index is 12.5. The van der Waals surface area contributed by atoms with Gasteiger partial charge in [0.25, 0.3) is 0 Å². The fourth-order valence-electron chi connectivity index (χ4n) is 1.79. The molecule has 0 atom stereocenters. The SMILES string of the molecule is Cc1nc(I)c2cc(SC(F)(F)F)c(C)c(C)c2n1. The Labute approximate surface area is 126 Å². The lowest BCUT2D eigenvalue weighted by atomic mass is 10.1. The summed E-state index contributed by atoms with van der Waals surface area (Å²) in [5.41, 5.74) is -2.18. The third-order valence-electron chi connectivity index (χ3n) is 2.80. The number of rotatable bonds is 1. The minimum absolute atomic E-state index is 0.0896. The molecule has 0 radical (unpaired) electrons. The molecule has 2 rings (SSSR count). The summed E-state index contributed by atoms with van der Waals surface area (Å²) in [6.45, 7) is 5.25. The van der Waals surface area contributed by atoms with Crippen molar-refractivity contribution in [2.75, 3.05) is 0 Å². The normalized spacial score (nSPS) is 12.2. The Bertz CT molecular complexity index is 656. The molecule has 2 aromatic rings. The maximum Gasteiger partial charge on any atom is 0.446 e. The van der Waals surface area contributed by atoms with Gasteiger partial charge in [0.05, 0.1) is 5.52 Å². The lowest BCUT2D eigenvalue weighted by Gasteiger charge is -2.14. The first-order valence-corrected chi connectivity index (χ1v) is 7.28. The van der Waals surface area contributed by atoms with Crippen molar-refractivity contribution in [3.8, 4) is 0 Å². The molecule has 2 nitrogen and oxygen atoms in total. The number of hydrogen-bond acceptors (Lipinski definition) is 3. The number of aryl methyl sites for hydroxylation is 2. The second-order valence-electron chi connectivity index (χ2n) is 4.13. The number of fused-ring (bicyclic) bond motifs is 1. The molecule has 0 aliphatic carbocycles. The summed E-state index contributed by atoms with van der Waals surface area (Å²) in [4.78, 5) is 8.73. The van der Waals surface area contributed by atoms with Gasteiger partial charge >= 0.3 is 5.51 Å². The second-order valence-corrected chi connectivity index (χ2v) is 6.26. The highest BCUT2D eigenvalue weighted by Gasteiger charge is 2.30. The number of alkyl halides is 3. The van der Waals surface area contributed by atoms with E-state index in [0.717, 1.165) is 11.1 Å². The molecular weight excluding hydrogens is 388 g/mol. The Morgan fingerprint density at radius 3 is 2.32 bits per heavy atom. The summed E-state index contributed by atoms with van der Waals surface area (Å²) < 4.78 is 38.3. The summed E-state index contributed by atoms with van der Waals surface area (Å²) in [5, 5.41) is 0.668. The molecule has 0 N–H and O–H groups in total. The highest BCUT2D eigenvalue weighted by molar-refractivity contribution is 14.1. The van der Waals surface area contributed by atoms with Gasteiger partial charge in [-0.3, -0.25) is 0 Å². The first-order chi connectivity index (χ1) is 8.69. The molecule has 0 aliphatic rings. The lowest BCUT2D eigenvalue weighted by molar-refractivity contribution is -0.0328. The molecule has 1 aromatic heterocycles. The first kappa shape index (κ1) is 14.8. The molecule has 0 amide bonds. The van der Waals surface area contributed by atoms with E-state index < -0.39 is 5.51 Å². The minimum Gasteiger partial charge on any atom is -0.233 e. The molecule has 102 valence electrons. The Hall–Kier alpha value is -0.570. The number of hydrogen-bond donors (Lipinski definition) is 0. The molecular formula is C12H10F3IN2S. The van der Waals surface area contributed by atoms with E-state index in [-0.39, 0.29) is 16.7 Å². The number of nitrogens with zero attached hydrogens (tertiary/aromatic N) is 2. The quantitative estimate of drug-likeness (QED) is 0.393. The summed E-state index contributed by atoms with van der Waals surface area (Å²) in [6, 6.07) is 1.52. The van der Waals surface area contributed by atoms with Gasteiger partial charge in [-0.15, -0.1) is 0 Å². The van der Waals surface area contributed by atoms with Crippen molar-refractivity contribution in [3.05, 3.63) is 26.7 Å². The topological polar surface area (TPSA) is 25.8 Å². The van der Waals surface area contributed by atoms with Gasteiger partial charge in [-0.25, -0.2) is 9.97 Å². The van der Waals surface area contributed by atoms with Crippen molar-refractivity contribution < 1.29 is 13.2 Å². The summed E-state index contributed by atoms with van der Waals surface area (Å²) in [6.07, 6.45) is 0. The van der Waals surface area contributed by atoms with Gasteiger partial charge in [0.15, 0.2) is 0 Å². The van der Waals surface area contributed by atoms with Gasteiger partial charge < -0.3 is 0 Å². The van der Waals surface area contributed by atoms with Crippen molar-refractivity contribution >= 4 is 45.3 Å². The van der Waals surface area contributed by atoms with Crippen molar-refractivity contribution in [2.45, 2.75) is 31.2 Å². The van der Waals surface area contributed by atoms with Crippen LogP contribution < -0.4 is 0 Å². The molecule has 0 spiro atoms. The Balaban J connectivity index is 2.73. The maximum absolute atomic E-state index is 12.5.